The Kier molecular flexibility index (Phi) is 20.1. The SMILES string of the molecule is CCCCC(C)(O)C/C=C/[C@H]1[C@H](O)CC(=O)[C@@H]1CCCCCCC(=O)OC.CN(C)CC/C=C1/c2ccccc2COc2ccc(CC(=O)O)cc21.Cl. The number of nitrogens with zero attached hydrogens (tertiary/aromatic N) is 1. The minimum atomic E-state index is -0.826. The van der Waals surface area contributed by atoms with E-state index in [4.69, 9.17) is 9.84 Å². The number of halogens is 1. The number of benzene rings is 2. The summed E-state index contributed by atoms with van der Waals surface area (Å²) in [4.78, 5) is 36.6. The molecular weight excluding hydrogens is 694 g/mol. The lowest BCUT2D eigenvalue weighted by atomic mass is 9.87. The van der Waals surface area contributed by atoms with Crippen LogP contribution in [0.15, 0.2) is 60.7 Å². The Morgan fingerprint density at radius 1 is 1.06 bits per heavy atom. The Hall–Kier alpha value is -3.50. The molecule has 9 nitrogen and oxygen atoms in total. The second-order valence-electron chi connectivity index (χ2n) is 14.7. The monoisotopic (exact) mass is 755 g/mol. The first-order chi connectivity index (χ1) is 24.8. The minimum Gasteiger partial charge on any atom is -0.488 e. The number of carbonyl (C=O) groups excluding carboxylic acids is 2. The molecule has 53 heavy (non-hydrogen) atoms. The number of unbranched alkanes of at least 4 members (excludes halogenated alkanes) is 4. The third-order valence-electron chi connectivity index (χ3n) is 9.90. The van der Waals surface area contributed by atoms with E-state index in [0.717, 1.165) is 97.9 Å². The number of ether oxygens (including phenoxy) is 2. The van der Waals surface area contributed by atoms with E-state index in [9.17, 15) is 24.6 Å². The van der Waals surface area contributed by atoms with Crippen LogP contribution in [0.5, 0.6) is 5.75 Å². The van der Waals surface area contributed by atoms with E-state index >= 15 is 0 Å². The lowest BCUT2D eigenvalue weighted by Crippen LogP contribution is -2.23. The van der Waals surface area contributed by atoms with Gasteiger partial charge in [-0.05, 0) is 87.5 Å². The fourth-order valence-electron chi connectivity index (χ4n) is 6.91. The maximum atomic E-state index is 12.2. The zero-order chi connectivity index (χ0) is 38.1. The molecule has 2 aliphatic rings. The molecule has 0 aromatic heterocycles. The van der Waals surface area contributed by atoms with Crippen molar-refractivity contribution in [3.05, 3.63) is 82.9 Å². The van der Waals surface area contributed by atoms with E-state index in [1.807, 2.05) is 49.4 Å². The number of ketones is 1. The van der Waals surface area contributed by atoms with Gasteiger partial charge in [0.05, 0.1) is 25.2 Å². The summed E-state index contributed by atoms with van der Waals surface area (Å²) >= 11 is 0. The van der Waals surface area contributed by atoms with Crippen LogP contribution in [-0.4, -0.2) is 77.4 Å². The van der Waals surface area contributed by atoms with Crippen molar-refractivity contribution in [2.24, 2.45) is 11.8 Å². The molecule has 0 bridgehead atoms. The molecule has 1 aliphatic heterocycles. The van der Waals surface area contributed by atoms with Crippen LogP contribution in [0.4, 0.5) is 0 Å². The first-order valence-electron chi connectivity index (χ1n) is 18.9. The predicted molar refractivity (Wildman–Crippen MR) is 212 cm³/mol. The molecule has 3 N–H and O–H groups in total. The van der Waals surface area contributed by atoms with Gasteiger partial charge in [-0.15, -0.1) is 12.4 Å². The molecule has 1 saturated carbocycles. The van der Waals surface area contributed by atoms with Crippen LogP contribution in [0.25, 0.3) is 5.57 Å². The van der Waals surface area contributed by atoms with Crippen molar-refractivity contribution in [3.8, 4) is 5.75 Å². The number of aliphatic hydroxyl groups is 2. The van der Waals surface area contributed by atoms with Crippen LogP contribution in [0.2, 0.25) is 0 Å². The number of rotatable bonds is 18. The Bertz CT molecular complexity index is 1520. The summed E-state index contributed by atoms with van der Waals surface area (Å²) in [5.74, 6) is -0.324. The summed E-state index contributed by atoms with van der Waals surface area (Å²) in [6.07, 6.45) is 14.9. The lowest BCUT2D eigenvalue weighted by molar-refractivity contribution is -0.140. The van der Waals surface area contributed by atoms with Crippen LogP contribution in [0.3, 0.4) is 0 Å². The van der Waals surface area contributed by atoms with Gasteiger partial charge in [0, 0.05) is 36.8 Å². The van der Waals surface area contributed by atoms with E-state index in [1.165, 1.54) is 7.11 Å². The molecule has 0 amide bonds. The largest absolute Gasteiger partial charge is 0.488 e. The third kappa shape index (κ3) is 15.4. The fraction of sp³-hybridized carbons (Fsp3) is 0.558. The molecular formula is C43H62ClNO8. The maximum Gasteiger partial charge on any atom is 0.307 e. The molecule has 1 unspecified atom stereocenters. The number of aliphatic carboxylic acids is 1. The first kappa shape index (κ1) is 45.7. The standard InChI is InChI=1S/C22H38O5.C21H23NO3.ClH/c1-4-5-14-22(2,26)15-10-12-18-17(19(23)16-20(18)24)11-8-6-7-9-13-21(25)27-3;1-22(2)11-5-8-18-17-7-4-3-6-16(17)14-25-20-10-9-15(12-19(18)20)13-21(23)24;/h10,12,17-18,20,24,26H,4-9,11,13-16H2,1-3H3;3-4,6-10,12H,5,11,13-14H2,1-2H3,(H,23,24);1H/b12-10+;18-8-;/t17-,18-,20-,22?;;/m1../s1. The number of methoxy groups -OCH3 is 1. The Morgan fingerprint density at radius 3 is 2.49 bits per heavy atom. The smallest absolute Gasteiger partial charge is 0.307 e. The van der Waals surface area contributed by atoms with Gasteiger partial charge < -0.3 is 29.7 Å². The van der Waals surface area contributed by atoms with E-state index < -0.39 is 17.7 Å². The van der Waals surface area contributed by atoms with Gasteiger partial charge in [-0.2, -0.15) is 0 Å². The average Bonchev–Trinajstić information content (AvgIpc) is 3.27. The normalized spacial score (nSPS) is 19.7. The lowest BCUT2D eigenvalue weighted by Gasteiger charge is -2.22. The van der Waals surface area contributed by atoms with E-state index in [0.29, 0.717) is 19.4 Å². The second-order valence-corrected chi connectivity index (χ2v) is 14.7. The molecule has 1 heterocycles. The number of esters is 1. The molecule has 4 atom stereocenters. The molecule has 0 spiro atoms. The molecule has 2 aromatic rings. The Balaban J connectivity index is 0.000000360. The van der Waals surface area contributed by atoms with E-state index in [-0.39, 0.29) is 48.8 Å². The fourth-order valence-corrected chi connectivity index (χ4v) is 6.91. The van der Waals surface area contributed by atoms with Gasteiger partial charge in [-0.3, -0.25) is 14.4 Å². The summed E-state index contributed by atoms with van der Waals surface area (Å²) < 4.78 is 10.6. The van der Waals surface area contributed by atoms with Crippen molar-refractivity contribution in [1.29, 1.82) is 0 Å². The van der Waals surface area contributed by atoms with Gasteiger partial charge in [0.15, 0.2) is 0 Å². The zero-order valence-corrected chi connectivity index (χ0v) is 33.2. The van der Waals surface area contributed by atoms with Gasteiger partial charge >= 0.3 is 11.9 Å². The zero-order valence-electron chi connectivity index (χ0n) is 32.4. The predicted octanol–water partition coefficient (Wildman–Crippen LogP) is 7.96. The quantitative estimate of drug-likeness (QED) is 0.0787. The highest BCUT2D eigenvalue weighted by molar-refractivity contribution is 5.86. The van der Waals surface area contributed by atoms with Crippen molar-refractivity contribution in [1.82, 2.24) is 4.90 Å². The Labute approximate surface area is 322 Å². The van der Waals surface area contributed by atoms with Gasteiger partial charge in [0.25, 0.3) is 0 Å². The highest BCUT2D eigenvalue weighted by Gasteiger charge is 2.39. The second kappa shape index (κ2) is 23.3. The number of carboxylic acid groups (broad SMARTS) is 1. The number of carbonyl (C=O) groups is 3. The van der Waals surface area contributed by atoms with Crippen molar-refractivity contribution >= 4 is 35.7 Å². The highest BCUT2D eigenvalue weighted by Crippen LogP contribution is 2.38. The third-order valence-corrected chi connectivity index (χ3v) is 9.90. The number of carboxylic acids is 1. The van der Waals surface area contributed by atoms with Crippen LogP contribution in [0.1, 0.15) is 113 Å². The van der Waals surface area contributed by atoms with Gasteiger partial charge in [0.2, 0.25) is 0 Å². The highest BCUT2D eigenvalue weighted by atomic mass is 35.5. The van der Waals surface area contributed by atoms with Crippen molar-refractivity contribution in [3.63, 3.8) is 0 Å². The molecule has 1 aliphatic carbocycles. The first-order valence-corrected chi connectivity index (χ1v) is 18.9. The summed E-state index contributed by atoms with van der Waals surface area (Å²) in [5, 5.41) is 29.7. The minimum absolute atomic E-state index is 0. The molecule has 0 radical (unpaired) electrons. The topological polar surface area (TPSA) is 134 Å². The molecule has 10 heteroatoms. The van der Waals surface area contributed by atoms with Crippen molar-refractivity contribution < 1.29 is 39.2 Å². The van der Waals surface area contributed by atoms with E-state index in [1.54, 1.807) is 0 Å². The number of hydrogen-bond donors (Lipinski definition) is 3. The molecule has 294 valence electrons. The summed E-state index contributed by atoms with van der Waals surface area (Å²) in [5.41, 5.74) is 4.46. The number of hydrogen-bond acceptors (Lipinski definition) is 8. The summed E-state index contributed by atoms with van der Waals surface area (Å²) in [6, 6.07) is 13.9. The van der Waals surface area contributed by atoms with Crippen LogP contribution in [-0.2, 0) is 32.1 Å². The van der Waals surface area contributed by atoms with Crippen LogP contribution >= 0.6 is 12.4 Å². The van der Waals surface area contributed by atoms with Gasteiger partial charge in [-0.1, -0.05) is 87.6 Å². The molecule has 2 aromatic carbocycles. The average molecular weight is 756 g/mol. The summed E-state index contributed by atoms with van der Waals surface area (Å²) in [6.45, 7) is 5.42. The van der Waals surface area contributed by atoms with Crippen molar-refractivity contribution in [2.45, 2.75) is 116 Å². The van der Waals surface area contributed by atoms with Gasteiger partial charge in [-0.25, -0.2) is 0 Å². The van der Waals surface area contributed by atoms with Crippen molar-refractivity contribution in [2.75, 3.05) is 27.7 Å². The van der Waals surface area contributed by atoms with Crippen LogP contribution < -0.4 is 4.74 Å². The summed E-state index contributed by atoms with van der Waals surface area (Å²) in [7, 11) is 5.51. The molecule has 0 saturated heterocycles. The number of Topliss-reactive ketones (excluding diaryl/α,β-unsaturated/α-hetero) is 1. The number of fused-ring (bicyclic) bond motifs is 2. The van der Waals surface area contributed by atoms with E-state index in [2.05, 4.69) is 48.9 Å². The number of aliphatic hydroxyl groups excluding tert-OH is 1. The molecule has 1 fully saturated rings. The molecule has 4 rings (SSSR count). The Morgan fingerprint density at radius 2 is 1.79 bits per heavy atom. The maximum absolute atomic E-state index is 12.2. The van der Waals surface area contributed by atoms with Crippen LogP contribution in [0, 0.1) is 11.8 Å². The van der Waals surface area contributed by atoms with Gasteiger partial charge in [0.1, 0.15) is 18.1 Å².